The average molecular weight is 367 g/mol. The third kappa shape index (κ3) is 3.76. The smallest absolute Gasteiger partial charge is 0.288 e. The molecule has 0 amide bonds. The van der Waals surface area contributed by atoms with E-state index in [2.05, 4.69) is 10.00 Å². The maximum absolute atomic E-state index is 11.7. The van der Waals surface area contributed by atoms with Crippen LogP contribution in [-0.2, 0) is 16.5 Å². The normalized spacial score (nSPS) is 19.9. The summed E-state index contributed by atoms with van der Waals surface area (Å²) in [6, 6.07) is 7.90. The van der Waals surface area contributed by atoms with Gasteiger partial charge in [0.2, 0.25) is 5.89 Å². The van der Waals surface area contributed by atoms with Gasteiger partial charge in [-0.05, 0) is 44.2 Å². The molecule has 0 aliphatic carbocycles. The first-order valence-corrected chi connectivity index (χ1v) is 10.2. The minimum absolute atomic E-state index is 0.0152. The highest BCUT2D eigenvalue weighted by molar-refractivity contribution is 7.91. The highest BCUT2D eigenvalue weighted by Gasteiger charge is 2.32. The van der Waals surface area contributed by atoms with Gasteiger partial charge in [0.25, 0.3) is 4.84 Å². The SMILES string of the molecule is CCN(Cn1nc(-c2ccc(C)cc2)oc1=S)[C@@H]1CCS(=O)(=O)C1. The van der Waals surface area contributed by atoms with Crippen LogP contribution in [0, 0.1) is 11.8 Å². The van der Waals surface area contributed by atoms with Gasteiger partial charge in [-0.1, -0.05) is 24.6 Å². The second-order valence-electron chi connectivity index (χ2n) is 6.14. The molecule has 0 saturated carbocycles. The number of rotatable bonds is 5. The Morgan fingerprint density at radius 1 is 1.38 bits per heavy atom. The zero-order valence-corrected chi connectivity index (χ0v) is 15.4. The first-order valence-electron chi connectivity index (χ1n) is 7.97. The van der Waals surface area contributed by atoms with Crippen molar-refractivity contribution >= 4 is 22.1 Å². The van der Waals surface area contributed by atoms with Crippen LogP contribution in [0.25, 0.3) is 11.5 Å². The van der Waals surface area contributed by atoms with Crippen LogP contribution in [-0.4, -0.2) is 47.2 Å². The summed E-state index contributed by atoms with van der Waals surface area (Å²) >= 11 is 5.27. The molecule has 0 unspecified atom stereocenters. The van der Waals surface area contributed by atoms with Gasteiger partial charge in [-0.3, -0.25) is 4.90 Å². The zero-order chi connectivity index (χ0) is 17.3. The summed E-state index contributed by atoms with van der Waals surface area (Å²) in [6.07, 6.45) is 0.659. The molecule has 0 spiro atoms. The maximum atomic E-state index is 11.7. The predicted molar refractivity (Wildman–Crippen MR) is 94.9 cm³/mol. The lowest BCUT2D eigenvalue weighted by atomic mass is 10.1. The summed E-state index contributed by atoms with van der Waals surface area (Å²) in [7, 11) is -2.92. The van der Waals surface area contributed by atoms with Crippen LogP contribution in [0.2, 0.25) is 0 Å². The van der Waals surface area contributed by atoms with E-state index in [1.165, 1.54) is 0 Å². The van der Waals surface area contributed by atoms with Crippen LogP contribution in [0.4, 0.5) is 0 Å². The lowest BCUT2D eigenvalue weighted by molar-refractivity contribution is 0.162. The third-order valence-corrected chi connectivity index (χ3v) is 6.40. The topological polar surface area (TPSA) is 68.3 Å². The number of nitrogens with zero attached hydrogens (tertiary/aromatic N) is 3. The van der Waals surface area contributed by atoms with Crippen LogP contribution < -0.4 is 0 Å². The van der Waals surface area contributed by atoms with E-state index in [0.29, 0.717) is 23.8 Å². The van der Waals surface area contributed by atoms with Gasteiger partial charge in [0.05, 0.1) is 18.2 Å². The van der Waals surface area contributed by atoms with Crippen molar-refractivity contribution in [2.45, 2.75) is 33.0 Å². The van der Waals surface area contributed by atoms with Crippen LogP contribution >= 0.6 is 12.2 Å². The van der Waals surface area contributed by atoms with Crippen molar-refractivity contribution in [2.75, 3.05) is 18.1 Å². The second-order valence-corrected chi connectivity index (χ2v) is 8.72. The summed E-state index contributed by atoms with van der Waals surface area (Å²) in [4.78, 5) is 2.38. The van der Waals surface area contributed by atoms with Crippen molar-refractivity contribution < 1.29 is 12.8 Å². The zero-order valence-electron chi connectivity index (χ0n) is 13.8. The molecule has 2 heterocycles. The Kier molecular flexibility index (Phi) is 4.89. The minimum atomic E-state index is -2.92. The highest BCUT2D eigenvalue weighted by atomic mass is 32.2. The average Bonchev–Trinajstić information content (AvgIpc) is 3.08. The van der Waals surface area contributed by atoms with Gasteiger partial charge in [0, 0.05) is 11.6 Å². The molecule has 0 N–H and O–H groups in total. The summed E-state index contributed by atoms with van der Waals surface area (Å²) in [5.74, 6) is 0.944. The van der Waals surface area contributed by atoms with E-state index >= 15 is 0 Å². The Hall–Kier alpha value is -1.51. The highest BCUT2D eigenvalue weighted by Crippen LogP contribution is 2.21. The molecule has 130 valence electrons. The van der Waals surface area contributed by atoms with E-state index < -0.39 is 9.84 Å². The Balaban J connectivity index is 1.80. The van der Waals surface area contributed by atoms with Gasteiger partial charge >= 0.3 is 0 Å². The first-order chi connectivity index (χ1) is 11.4. The number of aromatic nitrogens is 2. The van der Waals surface area contributed by atoms with Gasteiger partial charge in [-0.2, -0.15) is 0 Å². The molecule has 0 bridgehead atoms. The fourth-order valence-electron chi connectivity index (χ4n) is 2.92. The Morgan fingerprint density at radius 3 is 2.67 bits per heavy atom. The van der Waals surface area contributed by atoms with Gasteiger partial charge in [0.1, 0.15) is 0 Å². The van der Waals surface area contributed by atoms with Gasteiger partial charge < -0.3 is 4.42 Å². The van der Waals surface area contributed by atoms with Crippen LogP contribution in [0.15, 0.2) is 28.7 Å². The summed E-state index contributed by atoms with van der Waals surface area (Å²) < 4.78 is 30.7. The Labute approximate surface area is 147 Å². The number of hydrogen-bond acceptors (Lipinski definition) is 6. The van der Waals surface area contributed by atoms with Gasteiger partial charge in [-0.15, -0.1) is 5.10 Å². The molecule has 1 fully saturated rings. The van der Waals surface area contributed by atoms with Crippen LogP contribution in [0.3, 0.4) is 0 Å². The van der Waals surface area contributed by atoms with Crippen molar-refractivity contribution in [3.63, 3.8) is 0 Å². The molecule has 1 aliphatic rings. The largest absolute Gasteiger partial charge is 0.409 e. The molecule has 1 aliphatic heterocycles. The Morgan fingerprint density at radius 2 is 2.08 bits per heavy atom. The summed E-state index contributed by atoms with van der Waals surface area (Å²) in [5, 5.41) is 4.46. The molecular formula is C16H21N3O3S2. The monoisotopic (exact) mass is 367 g/mol. The molecule has 0 radical (unpaired) electrons. The van der Waals surface area contributed by atoms with E-state index in [4.69, 9.17) is 16.6 Å². The summed E-state index contributed by atoms with van der Waals surface area (Å²) in [6.45, 7) is 5.20. The minimum Gasteiger partial charge on any atom is -0.409 e. The molecule has 8 heteroatoms. The standard InChI is InChI=1S/C16H21N3O3S2/c1-3-18(14-8-9-24(20,21)10-14)11-19-16(23)22-15(17-19)13-6-4-12(2)5-7-13/h4-7,14H,3,8-11H2,1-2H3/t14-/m1/s1. The van der Waals surface area contributed by atoms with Crippen molar-refractivity contribution in [1.82, 2.24) is 14.7 Å². The molecule has 6 nitrogen and oxygen atoms in total. The van der Waals surface area contributed by atoms with E-state index in [1.54, 1.807) is 4.68 Å². The van der Waals surface area contributed by atoms with Crippen molar-refractivity contribution in [2.24, 2.45) is 0 Å². The first kappa shape index (κ1) is 17.3. The molecule has 2 aromatic rings. The van der Waals surface area contributed by atoms with Crippen molar-refractivity contribution in [3.8, 4) is 11.5 Å². The molecule has 24 heavy (non-hydrogen) atoms. The van der Waals surface area contributed by atoms with E-state index in [-0.39, 0.29) is 17.5 Å². The molecule has 1 aromatic carbocycles. The molecule has 3 rings (SSSR count). The van der Waals surface area contributed by atoms with Gasteiger partial charge in [-0.25, -0.2) is 13.1 Å². The lowest BCUT2D eigenvalue weighted by Crippen LogP contribution is -2.37. The van der Waals surface area contributed by atoms with Crippen molar-refractivity contribution in [3.05, 3.63) is 34.7 Å². The quantitative estimate of drug-likeness (QED) is 0.757. The number of benzene rings is 1. The summed E-state index contributed by atoms with van der Waals surface area (Å²) in [5.41, 5.74) is 2.04. The van der Waals surface area contributed by atoms with E-state index in [1.807, 2.05) is 38.1 Å². The fraction of sp³-hybridized carbons (Fsp3) is 0.500. The molecule has 1 saturated heterocycles. The second kappa shape index (κ2) is 6.78. The molecule has 1 aromatic heterocycles. The van der Waals surface area contributed by atoms with Gasteiger partial charge in [0.15, 0.2) is 9.84 Å². The maximum Gasteiger partial charge on any atom is 0.288 e. The predicted octanol–water partition coefficient (Wildman–Crippen LogP) is 2.65. The number of hydrogen-bond donors (Lipinski definition) is 0. The van der Waals surface area contributed by atoms with E-state index in [0.717, 1.165) is 17.7 Å². The van der Waals surface area contributed by atoms with Crippen molar-refractivity contribution in [1.29, 1.82) is 0 Å². The lowest BCUT2D eigenvalue weighted by Gasteiger charge is -2.25. The molecule has 1 atom stereocenters. The third-order valence-electron chi connectivity index (χ3n) is 4.35. The fourth-order valence-corrected chi connectivity index (χ4v) is 4.86. The molecular weight excluding hydrogens is 346 g/mol. The van der Waals surface area contributed by atoms with E-state index in [9.17, 15) is 8.42 Å². The Bertz CT molecular complexity index is 869. The van der Waals surface area contributed by atoms with Crippen LogP contribution in [0.1, 0.15) is 18.9 Å². The number of aryl methyl sites for hydroxylation is 1. The van der Waals surface area contributed by atoms with Crippen LogP contribution in [0.5, 0.6) is 0 Å². The number of sulfone groups is 1.